The summed E-state index contributed by atoms with van der Waals surface area (Å²) >= 11 is 3.43. The zero-order valence-electron chi connectivity index (χ0n) is 14.0. The smallest absolute Gasteiger partial charge is 0.272 e. The molecule has 0 spiro atoms. The Hall–Kier alpha value is -2.25. The highest BCUT2D eigenvalue weighted by Crippen LogP contribution is 2.27. The highest BCUT2D eigenvalue weighted by atomic mass is 79.9. The number of carbonyl (C=O) groups excluding carboxylic acids is 2. The van der Waals surface area contributed by atoms with Crippen LogP contribution in [0.4, 0.5) is 4.39 Å². The Balaban J connectivity index is 1.73. The van der Waals surface area contributed by atoms with Crippen molar-refractivity contribution >= 4 is 27.7 Å². The molecule has 1 atom stereocenters. The lowest BCUT2D eigenvalue weighted by Gasteiger charge is -2.27. The molecule has 1 aliphatic rings. The first-order chi connectivity index (χ1) is 12.6. The number of rotatable bonds is 4. The quantitative estimate of drug-likeness (QED) is 0.748. The molecule has 2 N–H and O–H groups in total. The van der Waals surface area contributed by atoms with Crippen molar-refractivity contribution in [3.8, 4) is 0 Å². The van der Waals surface area contributed by atoms with E-state index < -0.39 is 17.8 Å². The Morgan fingerprint density at radius 2 is 1.77 bits per heavy atom. The molecule has 0 saturated carbocycles. The molecule has 3 rings (SSSR count). The molecule has 1 saturated heterocycles. The Kier molecular flexibility index (Phi) is 6.00. The number of nitrogens with one attached hydrogen (secondary N) is 2. The van der Waals surface area contributed by atoms with Crippen LogP contribution < -0.4 is 10.9 Å². The number of carbonyl (C=O) groups is 2. The zero-order valence-corrected chi connectivity index (χ0v) is 15.6. The van der Waals surface area contributed by atoms with E-state index in [2.05, 4.69) is 31.7 Å². The van der Waals surface area contributed by atoms with Gasteiger partial charge in [-0.15, -0.1) is 0 Å². The van der Waals surface area contributed by atoms with Crippen LogP contribution in [-0.4, -0.2) is 29.8 Å². The summed E-state index contributed by atoms with van der Waals surface area (Å²) in [5.41, 5.74) is 5.47. The fraction of sp³-hybridized carbons (Fsp3) is 0.263. The van der Waals surface area contributed by atoms with Crippen LogP contribution in [-0.2, 0) is 4.79 Å². The standard InChI is InChI=1S/C19H19BrFN3O2/c20-14-7-5-6-13(12-14)17(24-10-3-4-11-24)19(26)23-22-18(25)15-8-1-2-9-16(15)21/h1-2,5-9,12,17H,3-4,10-11H2,(H,22,25)(H,23,26). The molecule has 0 aromatic heterocycles. The largest absolute Gasteiger partial charge is 0.288 e. The second-order valence-corrected chi connectivity index (χ2v) is 7.04. The molecule has 0 bridgehead atoms. The van der Waals surface area contributed by atoms with E-state index in [1.807, 2.05) is 24.3 Å². The summed E-state index contributed by atoms with van der Waals surface area (Å²) in [7, 11) is 0. The van der Waals surface area contributed by atoms with Crippen molar-refractivity contribution in [2.24, 2.45) is 0 Å². The molecule has 2 amide bonds. The predicted molar refractivity (Wildman–Crippen MR) is 99.7 cm³/mol. The van der Waals surface area contributed by atoms with E-state index >= 15 is 0 Å². The van der Waals surface area contributed by atoms with Crippen LogP contribution in [0.3, 0.4) is 0 Å². The monoisotopic (exact) mass is 419 g/mol. The Morgan fingerprint density at radius 1 is 1.04 bits per heavy atom. The molecule has 1 unspecified atom stereocenters. The topological polar surface area (TPSA) is 61.4 Å². The normalized spacial score (nSPS) is 15.5. The van der Waals surface area contributed by atoms with Gasteiger partial charge in [-0.05, 0) is 55.8 Å². The van der Waals surface area contributed by atoms with E-state index in [4.69, 9.17) is 0 Å². The van der Waals surface area contributed by atoms with Gasteiger partial charge in [-0.3, -0.25) is 25.3 Å². The highest BCUT2D eigenvalue weighted by molar-refractivity contribution is 9.10. The summed E-state index contributed by atoms with van der Waals surface area (Å²) in [6.45, 7) is 1.62. The maximum absolute atomic E-state index is 13.7. The van der Waals surface area contributed by atoms with Gasteiger partial charge in [0.05, 0.1) is 5.56 Å². The SMILES string of the molecule is O=C(NNC(=O)C(c1cccc(Br)c1)N1CCCC1)c1ccccc1F. The van der Waals surface area contributed by atoms with Gasteiger partial charge in [0.1, 0.15) is 11.9 Å². The summed E-state index contributed by atoms with van der Waals surface area (Å²) in [6, 6.07) is 12.6. The fourth-order valence-electron chi connectivity index (χ4n) is 3.10. The zero-order chi connectivity index (χ0) is 18.5. The molecule has 26 heavy (non-hydrogen) atoms. The van der Waals surface area contributed by atoms with E-state index in [1.54, 1.807) is 6.07 Å². The first kappa shape index (κ1) is 18.5. The molecule has 1 aliphatic heterocycles. The lowest BCUT2D eigenvalue weighted by molar-refractivity contribution is -0.127. The van der Waals surface area contributed by atoms with Crippen molar-refractivity contribution in [3.05, 3.63) is 69.9 Å². The van der Waals surface area contributed by atoms with Crippen LogP contribution in [0.15, 0.2) is 53.0 Å². The second kappa shape index (κ2) is 8.42. The highest BCUT2D eigenvalue weighted by Gasteiger charge is 2.30. The van der Waals surface area contributed by atoms with Crippen LogP contribution in [0, 0.1) is 5.82 Å². The van der Waals surface area contributed by atoms with Crippen LogP contribution in [0.25, 0.3) is 0 Å². The lowest BCUT2D eigenvalue weighted by Crippen LogP contribution is -2.47. The average molecular weight is 420 g/mol. The first-order valence-corrected chi connectivity index (χ1v) is 9.20. The first-order valence-electron chi connectivity index (χ1n) is 8.40. The summed E-state index contributed by atoms with van der Waals surface area (Å²) < 4.78 is 14.6. The fourth-order valence-corrected chi connectivity index (χ4v) is 3.52. The molecular formula is C19H19BrFN3O2. The van der Waals surface area contributed by atoms with Gasteiger partial charge in [0.25, 0.3) is 11.8 Å². The predicted octanol–water partition coefficient (Wildman–Crippen LogP) is 3.19. The molecule has 7 heteroatoms. The maximum atomic E-state index is 13.7. The van der Waals surface area contributed by atoms with Gasteiger partial charge >= 0.3 is 0 Å². The van der Waals surface area contributed by atoms with Gasteiger partial charge in [0.2, 0.25) is 0 Å². The van der Waals surface area contributed by atoms with E-state index in [1.165, 1.54) is 18.2 Å². The van der Waals surface area contributed by atoms with Crippen molar-refractivity contribution in [1.29, 1.82) is 0 Å². The van der Waals surface area contributed by atoms with Gasteiger partial charge < -0.3 is 0 Å². The maximum Gasteiger partial charge on any atom is 0.272 e. The Labute approximate surface area is 159 Å². The number of likely N-dealkylation sites (tertiary alicyclic amines) is 1. The molecule has 1 heterocycles. The molecular weight excluding hydrogens is 401 g/mol. The number of hydrogen-bond donors (Lipinski definition) is 2. The molecule has 2 aromatic rings. The summed E-state index contributed by atoms with van der Waals surface area (Å²) in [5, 5.41) is 0. The number of hydrazine groups is 1. The van der Waals surface area contributed by atoms with Crippen molar-refractivity contribution in [3.63, 3.8) is 0 Å². The minimum absolute atomic E-state index is 0.118. The minimum Gasteiger partial charge on any atom is -0.288 e. The van der Waals surface area contributed by atoms with Crippen molar-refractivity contribution < 1.29 is 14.0 Å². The third-order valence-corrected chi connectivity index (χ3v) is 4.83. The average Bonchev–Trinajstić information content (AvgIpc) is 3.14. The molecule has 2 aromatic carbocycles. The van der Waals surface area contributed by atoms with Crippen LogP contribution in [0.1, 0.15) is 34.8 Å². The van der Waals surface area contributed by atoms with Crippen LogP contribution in [0.2, 0.25) is 0 Å². The summed E-state index contributed by atoms with van der Waals surface area (Å²) in [6.07, 6.45) is 2.05. The minimum atomic E-state index is -0.689. The van der Waals surface area contributed by atoms with Gasteiger partial charge in [-0.1, -0.05) is 40.2 Å². The van der Waals surface area contributed by atoms with Gasteiger partial charge in [-0.25, -0.2) is 4.39 Å². The third-order valence-electron chi connectivity index (χ3n) is 4.34. The lowest BCUT2D eigenvalue weighted by atomic mass is 10.1. The summed E-state index contributed by atoms with van der Waals surface area (Å²) in [4.78, 5) is 27.0. The number of amides is 2. The van der Waals surface area contributed by atoms with E-state index in [0.29, 0.717) is 0 Å². The van der Waals surface area contributed by atoms with Crippen LogP contribution >= 0.6 is 15.9 Å². The number of benzene rings is 2. The van der Waals surface area contributed by atoms with E-state index in [0.717, 1.165) is 36.0 Å². The molecule has 5 nitrogen and oxygen atoms in total. The van der Waals surface area contributed by atoms with Crippen molar-refractivity contribution in [2.45, 2.75) is 18.9 Å². The number of nitrogens with zero attached hydrogens (tertiary/aromatic N) is 1. The van der Waals surface area contributed by atoms with Gasteiger partial charge in [-0.2, -0.15) is 0 Å². The van der Waals surface area contributed by atoms with E-state index in [9.17, 15) is 14.0 Å². The third kappa shape index (κ3) is 4.28. The Morgan fingerprint density at radius 3 is 2.46 bits per heavy atom. The second-order valence-electron chi connectivity index (χ2n) is 6.12. The van der Waals surface area contributed by atoms with Gasteiger partial charge in [0.15, 0.2) is 0 Å². The Bertz CT molecular complexity index is 809. The summed E-state index contributed by atoms with van der Waals surface area (Å²) in [5.74, 6) is -1.68. The molecule has 136 valence electrons. The molecule has 0 radical (unpaired) electrons. The van der Waals surface area contributed by atoms with Crippen LogP contribution in [0.5, 0.6) is 0 Å². The van der Waals surface area contributed by atoms with Gasteiger partial charge in [0, 0.05) is 4.47 Å². The van der Waals surface area contributed by atoms with Crippen molar-refractivity contribution in [1.82, 2.24) is 15.8 Å². The molecule has 1 fully saturated rings. The number of hydrogen-bond acceptors (Lipinski definition) is 3. The van der Waals surface area contributed by atoms with E-state index in [-0.39, 0.29) is 11.5 Å². The van der Waals surface area contributed by atoms with Crippen molar-refractivity contribution in [2.75, 3.05) is 13.1 Å². The molecule has 0 aliphatic carbocycles. The number of halogens is 2.